The molecule has 1 aromatic rings. The fourth-order valence-electron chi connectivity index (χ4n) is 1.29. The summed E-state index contributed by atoms with van der Waals surface area (Å²) in [5.41, 5.74) is 12.7. The first kappa shape index (κ1) is 12.4. The van der Waals surface area contributed by atoms with Gasteiger partial charge in [-0.1, -0.05) is 20.3 Å². The van der Waals surface area contributed by atoms with E-state index >= 15 is 0 Å². The second-order valence-corrected chi connectivity index (χ2v) is 4.07. The summed E-state index contributed by atoms with van der Waals surface area (Å²) >= 11 is 0. The third-order valence-electron chi connectivity index (χ3n) is 2.63. The molecule has 0 saturated heterocycles. The first-order chi connectivity index (χ1) is 7.54. The van der Waals surface area contributed by atoms with Gasteiger partial charge in [0.2, 0.25) is 0 Å². The number of hydrogen-bond donors (Lipinski definition) is 3. The zero-order valence-corrected chi connectivity index (χ0v) is 9.79. The van der Waals surface area contributed by atoms with E-state index in [0.29, 0.717) is 29.4 Å². The number of hydrogen-bond acceptors (Lipinski definition) is 3. The maximum absolute atomic E-state index is 11.8. The lowest BCUT2D eigenvalue weighted by molar-refractivity contribution is 0.0949. The SMILES string of the molecule is CCC(C)CNC(=O)c1ccc(N)cc1N. The van der Waals surface area contributed by atoms with Gasteiger partial charge in [-0.3, -0.25) is 4.79 Å². The predicted octanol–water partition coefficient (Wildman–Crippen LogP) is 1.63. The van der Waals surface area contributed by atoms with Crippen LogP contribution in [0, 0.1) is 5.92 Å². The maximum atomic E-state index is 11.8. The second-order valence-electron chi connectivity index (χ2n) is 4.07. The van der Waals surface area contributed by atoms with E-state index in [1.165, 1.54) is 0 Å². The van der Waals surface area contributed by atoms with E-state index in [2.05, 4.69) is 19.2 Å². The summed E-state index contributed by atoms with van der Waals surface area (Å²) in [5, 5.41) is 2.85. The van der Waals surface area contributed by atoms with Crippen LogP contribution in [0.3, 0.4) is 0 Å². The van der Waals surface area contributed by atoms with Crippen LogP contribution in [0.25, 0.3) is 0 Å². The second kappa shape index (κ2) is 5.39. The molecule has 1 unspecified atom stereocenters. The average Bonchev–Trinajstić information content (AvgIpc) is 2.25. The summed E-state index contributed by atoms with van der Waals surface area (Å²) in [6.07, 6.45) is 1.04. The topological polar surface area (TPSA) is 81.1 Å². The van der Waals surface area contributed by atoms with Crippen LogP contribution in [-0.4, -0.2) is 12.5 Å². The van der Waals surface area contributed by atoms with Crippen molar-refractivity contribution in [1.29, 1.82) is 0 Å². The van der Waals surface area contributed by atoms with E-state index in [1.807, 2.05) is 0 Å². The van der Waals surface area contributed by atoms with Crippen LogP contribution in [0.15, 0.2) is 18.2 Å². The van der Waals surface area contributed by atoms with Gasteiger partial charge in [0.05, 0.1) is 5.56 Å². The number of carbonyl (C=O) groups is 1. The molecule has 0 bridgehead atoms. The third kappa shape index (κ3) is 3.15. The van der Waals surface area contributed by atoms with Crippen LogP contribution < -0.4 is 16.8 Å². The lowest BCUT2D eigenvalue weighted by Gasteiger charge is -2.11. The fourth-order valence-corrected chi connectivity index (χ4v) is 1.29. The van der Waals surface area contributed by atoms with Crippen LogP contribution in [0.5, 0.6) is 0 Å². The van der Waals surface area contributed by atoms with Crippen molar-refractivity contribution in [2.24, 2.45) is 5.92 Å². The number of nitrogens with two attached hydrogens (primary N) is 2. The van der Waals surface area contributed by atoms with Crippen molar-refractivity contribution in [3.8, 4) is 0 Å². The van der Waals surface area contributed by atoms with Crippen molar-refractivity contribution in [3.63, 3.8) is 0 Å². The smallest absolute Gasteiger partial charge is 0.253 e. The molecule has 4 heteroatoms. The van der Waals surface area contributed by atoms with Gasteiger partial charge in [-0.2, -0.15) is 0 Å². The predicted molar refractivity (Wildman–Crippen MR) is 67.1 cm³/mol. The Morgan fingerprint density at radius 3 is 2.69 bits per heavy atom. The zero-order valence-electron chi connectivity index (χ0n) is 9.79. The number of nitrogens with one attached hydrogen (secondary N) is 1. The van der Waals surface area contributed by atoms with Crippen LogP contribution >= 0.6 is 0 Å². The average molecular weight is 221 g/mol. The van der Waals surface area contributed by atoms with Gasteiger partial charge in [0.25, 0.3) is 5.91 Å². The molecule has 0 aliphatic heterocycles. The highest BCUT2D eigenvalue weighted by Gasteiger charge is 2.10. The minimum Gasteiger partial charge on any atom is -0.399 e. The Hall–Kier alpha value is -1.71. The molecule has 1 atom stereocenters. The van der Waals surface area contributed by atoms with Crippen molar-refractivity contribution >= 4 is 17.3 Å². The highest BCUT2D eigenvalue weighted by molar-refractivity contribution is 5.99. The van der Waals surface area contributed by atoms with E-state index in [9.17, 15) is 4.79 Å². The van der Waals surface area contributed by atoms with Crippen LogP contribution in [0.4, 0.5) is 11.4 Å². The number of amides is 1. The minimum absolute atomic E-state index is 0.141. The summed E-state index contributed by atoms with van der Waals surface area (Å²) in [5.74, 6) is 0.330. The van der Waals surface area contributed by atoms with Crippen LogP contribution in [0.1, 0.15) is 30.6 Å². The Bertz CT molecular complexity index is 377. The Balaban J connectivity index is 2.66. The molecule has 5 N–H and O–H groups in total. The van der Waals surface area contributed by atoms with Gasteiger partial charge in [-0.05, 0) is 24.1 Å². The van der Waals surface area contributed by atoms with E-state index in [0.717, 1.165) is 6.42 Å². The molecule has 88 valence electrons. The summed E-state index contributed by atoms with van der Waals surface area (Å²) in [6, 6.07) is 4.92. The number of nitrogen functional groups attached to an aromatic ring is 2. The van der Waals surface area contributed by atoms with Gasteiger partial charge in [-0.25, -0.2) is 0 Å². The normalized spacial score (nSPS) is 12.1. The molecule has 0 aromatic heterocycles. The highest BCUT2D eigenvalue weighted by Crippen LogP contribution is 2.15. The molecule has 16 heavy (non-hydrogen) atoms. The fraction of sp³-hybridized carbons (Fsp3) is 0.417. The lowest BCUT2D eigenvalue weighted by Crippen LogP contribution is -2.28. The number of benzene rings is 1. The molecule has 1 rings (SSSR count). The molecule has 0 aliphatic rings. The van der Waals surface area contributed by atoms with E-state index in [4.69, 9.17) is 11.5 Å². The lowest BCUT2D eigenvalue weighted by atomic mass is 10.1. The van der Waals surface area contributed by atoms with Crippen molar-refractivity contribution in [2.45, 2.75) is 20.3 Å². The molecular formula is C12H19N3O. The van der Waals surface area contributed by atoms with Gasteiger partial charge in [0.1, 0.15) is 0 Å². The Kier molecular flexibility index (Phi) is 4.17. The molecule has 0 fully saturated rings. The summed E-state index contributed by atoms with van der Waals surface area (Å²) in [4.78, 5) is 11.8. The molecule has 0 aliphatic carbocycles. The zero-order chi connectivity index (χ0) is 12.1. The maximum Gasteiger partial charge on any atom is 0.253 e. The Labute approximate surface area is 96.0 Å². The van der Waals surface area contributed by atoms with E-state index in [-0.39, 0.29) is 5.91 Å². The molecule has 0 heterocycles. The van der Waals surface area contributed by atoms with Gasteiger partial charge in [0, 0.05) is 17.9 Å². The molecule has 4 nitrogen and oxygen atoms in total. The molecule has 1 amide bonds. The largest absolute Gasteiger partial charge is 0.399 e. The van der Waals surface area contributed by atoms with Crippen molar-refractivity contribution in [1.82, 2.24) is 5.32 Å². The first-order valence-corrected chi connectivity index (χ1v) is 5.47. The molecule has 0 spiro atoms. The monoisotopic (exact) mass is 221 g/mol. The Morgan fingerprint density at radius 1 is 1.44 bits per heavy atom. The summed E-state index contributed by atoms with van der Waals surface area (Å²) in [7, 11) is 0. The number of rotatable bonds is 4. The van der Waals surface area contributed by atoms with E-state index in [1.54, 1.807) is 18.2 Å². The van der Waals surface area contributed by atoms with Gasteiger partial charge < -0.3 is 16.8 Å². The first-order valence-electron chi connectivity index (χ1n) is 5.47. The summed E-state index contributed by atoms with van der Waals surface area (Å²) < 4.78 is 0. The highest BCUT2D eigenvalue weighted by atomic mass is 16.1. The van der Waals surface area contributed by atoms with Gasteiger partial charge >= 0.3 is 0 Å². The molecule has 0 radical (unpaired) electrons. The quantitative estimate of drug-likeness (QED) is 0.676. The van der Waals surface area contributed by atoms with E-state index < -0.39 is 0 Å². The molecular weight excluding hydrogens is 202 g/mol. The van der Waals surface area contributed by atoms with Crippen molar-refractivity contribution in [3.05, 3.63) is 23.8 Å². The third-order valence-corrected chi connectivity index (χ3v) is 2.63. The summed E-state index contributed by atoms with van der Waals surface area (Å²) in [6.45, 7) is 4.85. The van der Waals surface area contributed by atoms with Crippen molar-refractivity contribution < 1.29 is 4.79 Å². The molecule has 1 aromatic carbocycles. The van der Waals surface area contributed by atoms with Gasteiger partial charge in [0.15, 0.2) is 0 Å². The van der Waals surface area contributed by atoms with Crippen LogP contribution in [0.2, 0.25) is 0 Å². The Morgan fingerprint density at radius 2 is 2.12 bits per heavy atom. The van der Waals surface area contributed by atoms with Gasteiger partial charge in [-0.15, -0.1) is 0 Å². The number of anilines is 2. The van der Waals surface area contributed by atoms with Crippen LogP contribution in [-0.2, 0) is 0 Å². The molecule has 0 saturated carbocycles. The van der Waals surface area contributed by atoms with Crippen molar-refractivity contribution in [2.75, 3.05) is 18.0 Å². The standard InChI is InChI=1S/C12H19N3O/c1-3-8(2)7-15-12(16)10-5-4-9(13)6-11(10)14/h4-6,8H,3,7,13-14H2,1-2H3,(H,15,16). The minimum atomic E-state index is -0.141. The number of carbonyl (C=O) groups excluding carboxylic acids is 1.